The molecule has 3 heterocycles. The van der Waals surface area contributed by atoms with Gasteiger partial charge in [0, 0.05) is 50.5 Å². The third kappa shape index (κ3) is 3.06. The summed E-state index contributed by atoms with van der Waals surface area (Å²) >= 11 is 0. The normalized spacial score (nSPS) is 21.7. The number of nitrogens with zero attached hydrogens (tertiary/aromatic N) is 6. The van der Waals surface area contributed by atoms with Crippen molar-refractivity contribution in [1.82, 2.24) is 29.8 Å². The van der Waals surface area contributed by atoms with Gasteiger partial charge in [-0.3, -0.25) is 14.1 Å². The van der Waals surface area contributed by atoms with E-state index in [1.807, 2.05) is 12.4 Å². The number of aromatic nitrogens is 4. The van der Waals surface area contributed by atoms with Crippen LogP contribution in [-0.4, -0.2) is 69.2 Å². The summed E-state index contributed by atoms with van der Waals surface area (Å²) in [5.41, 5.74) is 0.851. The van der Waals surface area contributed by atoms with Crippen LogP contribution in [0, 0.1) is 0 Å². The Hall–Kier alpha value is -2.22. The van der Waals surface area contributed by atoms with Gasteiger partial charge in [-0.05, 0) is 25.7 Å². The minimum atomic E-state index is 0.155. The van der Waals surface area contributed by atoms with Crippen LogP contribution in [0.15, 0.2) is 12.4 Å². The van der Waals surface area contributed by atoms with E-state index in [1.54, 1.807) is 0 Å². The SMILES string of the molecule is O=C(CN1CCN(c2nccn3c(C4CC4)nnc23)CC1)NC1CC1. The number of carbonyl (C=O) groups excluding carboxylic acids is 1. The molecule has 1 saturated heterocycles. The first kappa shape index (κ1) is 15.1. The summed E-state index contributed by atoms with van der Waals surface area (Å²) in [7, 11) is 0. The highest BCUT2D eigenvalue weighted by Gasteiger charge is 2.30. The number of hydrogen-bond acceptors (Lipinski definition) is 6. The molecule has 8 heteroatoms. The van der Waals surface area contributed by atoms with Gasteiger partial charge in [0.15, 0.2) is 5.82 Å². The van der Waals surface area contributed by atoms with Gasteiger partial charge in [-0.25, -0.2) is 4.98 Å². The second-order valence-corrected chi connectivity index (χ2v) is 7.38. The minimum Gasteiger partial charge on any atom is -0.352 e. The molecule has 1 aliphatic heterocycles. The zero-order valence-electron chi connectivity index (χ0n) is 14.3. The van der Waals surface area contributed by atoms with Crippen molar-refractivity contribution >= 4 is 17.4 Å². The van der Waals surface area contributed by atoms with Crippen molar-refractivity contribution in [3.05, 3.63) is 18.2 Å². The lowest BCUT2D eigenvalue weighted by Gasteiger charge is -2.34. The van der Waals surface area contributed by atoms with Crippen LogP contribution in [0.4, 0.5) is 5.82 Å². The van der Waals surface area contributed by atoms with E-state index in [0.717, 1.165) is 56.3 Å². The Morgan fingerprint density at radius 2 is 1.92 bits per heavy atom. The van der Waals surface area contributed by atoms with Crippen molar-refractivity contribution in [2.24, 2.45) is 0 Å². The molecule has 8 nitrogen and oxygen atoms in total. The first-order valence-corrected chi connectivity index (χ1v) is 9.24. The largest absolute Gasteiger partial charge is 0.352 e. The van der Waals surface area contributed by atoms with Crippen LogP contribution in [0.2, 0.25) is 0 Å². The summed E-state index contributed by atoms with van der Waals surface area (Å²) in [6, 6.07) is 0.434. The molecule has 0 bridgehead atoms. The molecular weight excluding hydrogens is 318 g/mol. The van der Waals surface area contributed by atoms with Gasteiger partial charge in [0.05, 0.1) is 6.54 Å². The van der Waals surface area contributed by atoms with Gasteiger partial charge in [-0.15, -0.1) is 10.2 Å². The molecule has 2 aromatic heterocycles. The molecule has 0 spiro atoms. The lowest BCUT2D eigenvalue weighted by atomic mass is 10.3. The van der Waals surface area contributed by atoms with E-state index in [-0.39, 0.29) is 5.91 Å². The van der Waals surface area contributed by atoms with E-state index >= 15 is 0 Å². The number of rotatable bonds is 5. The van der Waals surface area contributed by atoms with Crippen LogP contribution in [-0.2, 0) is 4.79 Å². The van der Waals surface area contributed by atoms with E-state index in [4.69, 9.17) is 0 Å². The molecule has 1 amide bonds. The topological polar surface area (TPSA) is 78.7 Å². The monoisotopic (exact) mass is 341 g/mol. The summed E-state index contributed by atoms with van der Waals surface area (Å²) in [6.07, 6.45) is 8.49. The summed E-state index contributed by atoms with van der Waals surface area (Å²) in [5.74, 6) is 2.69. The molecule has 3 fully saturated rings. The molecule has 2 aromatic rings. The average molecular weight is 341 g/mol. The van der Waals surface area contributed by atoms with Crippen LogP contribution in [0.3, 0.4) is 0 Å². The van der Waals surface area contributed by atoms with E-state index in [2.05, 4.69) is 34.7 Å². The number of piperazine rings is 1. The smallest absolute Gasteiger partial charge is 0.234 e. The van der Waals surface area contributed by atoms with E-state index in [9.17, 15) is 4.79 Å². The van der Waals surface area contributed by atoms with Crippen molar-refractivity contribution in [1.29, 1.82) is 0 Å². The number of carbonyl (C=O) groups is 1. The Kier molecular flexibility index (Phi) is 3.58. The molecule has 1 N–H and O–H groups in total. The predicted molar refractivity (Wildman–Crippen MR) is 92.6 cm³/mol. The van der Waals surface area contributed by atoms with Crippen molar-refractivity contribution in [3.8, 4) is 0 Å². The second-order valence-electron chi connectivity index (χ2n) is 7.38. The Morgan fingerprint density at radius 1 is 1.12 bits per heavy atom. The second kappa shape index (κ2) is 5.94. The minimum absolute atomic E-state index is 0.155. The molecular formula is C17H23N7O. The van der Waals surface area contributed by atoms with Crippen LogP contribution >= 0.6 is 0 Å². The maximum Gasteiger partial charge on any atom is 0.234 e. The van der Waals surface area contributed by atoms with Crippen molar-refractivity contribution in [3.63, 3.8) is 0 Å². The Morgan fingerprint density at radius 3 is 2.64 bits per heavy atom. The molecule has 3 aliphatic rings. The molecule has 2 saturated carbocycles. The maximum absolute atomic E-state index is 12.0. The molecule has 2 aliphatic carbocycles. The molecule has 5 rings (SSSR count). The van der Waals surface area contributed by atoms with E-state index in [1.165, 1.54) is 12.8 Å². The average Bonchev–Trinajstić information content (AvgIpc) is 3.55. The summed E-state index contributed by atoms with van der Waals surface area (Å²) in [6.45, 7) is 3.94. The molecule has 0 unspecified atom stereocenters. The lowest BCUT2D eigenvalue weighted by molar-refractivity contribution is -0.122. The summed E-state index contributed by atoms with van der Waals surface area (Å²) < 4.78 is 2.09. The standard InChI is InChI=1S/C17H23N7O/c25-14(19-13-3-4-13)11-22-7-9-23(10-8-22)16-17-21-20-15(12-1-2-12)24(17)6-5-18-16/h5-6,12-13H,1-4,7-11H2,(H,19,25). The van der Waals surface area contributed by atoms with Gasteiger partial charge in [0.25, 0.3) is 0 Å². The van der Waals surface area contributed by atoms with Crippen molar-refractivity contribution in [2.75, 3.05) is 37.6 Å². The number of fused-ring (bicyclic) bond motifs is 1. The van der Waals surface area contributed by atoms with E-state index in [0.29, 0.717) is 18.5 Å². The lowest BCUT2D eigenvalue weighted by Crippen LogP contribution is -2.50. The molecule has 132 valence electrons. The fourth-order valence-electron chi connectivity index (χ4n) is 3.50. The number of hydrogen-bond donors (Lipinski definition) is 1. The van der Waals surface area contributed by atoms with Gasteiger partial charge in [0.1, 0.15) is 5.82 Å². The zero-order valence-corrected chi connectivity index (χ0v) is 14.3. The van der Waals surface area contributed by atoms with Gasteiger partial charge in [-0.2, -0.15) is 0 Å². The highest BCUT2D eigenvalue weighted by atomic mass is 16.2. The van der Waals surface area contributed by atoms with Crippen molar-refractivity contribution < 1.29 is 4.79 Å². The third-order valence-corrected chi connectivity index (χ3v) is 5.26. The van der Waals surface area contributed by atoms with E-state index < -0.39 is 0 Å². The highest BCUT2D eigenvalue weighted by Crippen LogP contribution is 2.39. The fourth-order valence-corrected chi connectivity index (χ4v) is 3.50. The molecule has 25 heavy (non-hydrogen) atoms. The van der Waals surface area contributed by atoms with Crippen molar-refractivity contribution in [2.45, 2.75) is 37.6 Å². The zero-order chi connectivity index (χ0) is 16.8. The molecule has 0 atom stereocenters. The number of nitrogens with one attached hydrogen (secondary N) is 1. The van der Waals surface area contributed by atoms with Crippen LogP contribution in [0.25, 0.3) is 5.65 Å². The van der Waals surface area contributed by atoms with Crippen LogP contribution < -0.4 is 10.2 Å². The maximum atomic E-state index is 12.0. The van der Waals surface area contributed by atoms with Crippen LogP contribution in [0.5, 0.6) is 0 Å². The Labute approximate surface area is 146 Å². The van der Waals surface area contributed by atoms with Gasteiger partial charge >= 0.3 is 0 Å². The molecule has 0 radical (unpaired) electrons. The van der Waals surface area contributed by atoms with Crippen LogP contribution in [0.1, 0.15) is 37.4 Å². The fraction of sp³-hybridized carbons (Fsp3) is 0.647. The predicted octanol–water partition coefficient (Wildman–Crippen LogP) is 0.402. The first-order valence-electron chi connectivity index (χ1n) is 9.24. The Bertz CT molecular complexity index is 787. The van der Waals surface area contributed by atoms with Gasteiger partial charge in [0.2, 0.25) is 11.6 Å². The highest BCUT2D eigenvalue weighted by molar-refractivity contribution is 5.78. The quantitative estimate of drug-likeness (QED) is 0.848. The van der Waals surface area contributed by atoms with Gasteiger partial charge < -0.3 is 10.2 Å². The first-order chi connectivity index (χ1) is 12.3. The van der Waals surface area contributed by atoms with Gasteiger partial charge in [-0.1, -0.05) is 0 Å². The third-order valence-electron chi connectivity index (χ3n) is 5.26. The Balaban J connectivity index is 1.26. The number of anilines is 1. The summed E-state index contributed by atoms with van der Waals surface area (Å²) in [5, 5.41) is 11.8. The molecule has 0 aromatic carbocycles. The number of amides is 1. The summed E-state index contributed by atoms with van der Waals surface area (Å²) in [4.78, 5) is 21.0.